The number of aromatic amines is 1. The summed E-state index contributed by atoms with van der Waals surface area (Å²) in [5, 5.41) is 14.6. The van der Waals surface area contributed by atoms with Gasteiger partial charge in [0.1, 0.15) is 11.6 Å². The predicted molar refractivity (Wildman–Crippen MR) is 82.8 cm³/mol. The number of nitrogens with zero attached hydrogens (tertiary/aromatic N) is 3. The second kappa shape index (κ2) is 6.36. The van der Waals surface area contributed by atoms with E-state index in [0.717, 1.165) is 10.6 Å². The monoisotopic (exact) mass is 335 g/mol. The van der Waals surface area contributed by atoms with Gasteiger partial charge in [-0.2, -0.15) is 9.50 Å². The number of anilines is 1. The van der Waals surface area contributed by atoms with Crippen molar-refractivity contribution in [1.29, 1.82) is 0 Å². The van der Waals surface area contributed by atoms with Crippen LogP contribution in [0.2, 0.25) is 0 Å². The molecule has 0 atom stereocenters. The molecule has 0 bridgehead atoms. The lowest BCUT2D eigenvalue weighted by Gasteiger charge is -2.03. The zero-order valence-corrected chi connectivity index (χ0v) is 12.8. The van der Waals surface area contributed by atoms with E-state index < -0.39 is 11.6 Å². The summed E-state index contributed by atoms with van der Waals surface area (Å²) in [5.74, 6) is -0.922. The number of fused-ring (bicyclic) bond motifs is 1. The summed E-state index contributed by atoms with van der Waals surface area (Å²) in [6, 6.07) is 3.19. The fourth-order valence-corrected chi connectivity index (χ4v) is 2.43. The van der Waals surface area contributed by atoms with Gasteiger partial charge in [0.05, 0.1) is 5.69 Å². The first-order chi connectivity index (χ1) is 11.5. The first-order valence-electron chi connectivity index (χ1n) is 7.26. The van der Waals surface area contributed by atoms with Crippen molar-refractivity contribution >= 4 is 11.7 Å². The third kappa shape index (κ3) is 3.11. The van der Waals surface area contributed by atoms with Gasteiger partial charge < -0.3 is 10.4 Å². The van der Waals surface area contributed by atoms with Crippen LogP contribution in [0.25, 0.3) is 5.78 Å². The second-order valence-corrected chi connectivity index (χ2v) is 5.29. The Hall–Kier alpha value is -2.81. The maximum atomic E-state index is 13.2. The van der Waals surface area contributed by atoms with Crippen LogP contribution in [0, 0.1) is 18.6 Å². The predicted octanol–water partition coefficient (Wildman–Crippen LogP) is 1.15. The molecule has 0 fully saturated rings. The third-order valence-corrected chi connectivity index (χ3v) is 3.54. The molecule has 0 saturated carbocycles. The maximum absolute atomic E-state index is 13.2. The Morgan fingerprint density at radius 3 is 2.62 bits per heavy atom. The van der Waals surface area contributed by atoms with Gasteiger partial charge in [0, 0.05) is 31.2 Å². The summed E-state index contributed by atoms with van der Waals surface area (Å²) in [5.41, 5.74) is 0.950. The van der Waals surface area contributed by atoms with Crippen LogP contribution in [0.4, 0.5) is 14.7 Å². The number of aliphatic hydroxyl groups excluding tert-OH is 1. The van der Waals surface area contributed by atoms with Gasteiger partial charge in [-0.1, -0.05) is 0 Å². The van der Waals surface area contributed by atoms with E-state index in [4.69, 9.17) is 5.11 Å². The zero-order valence-electron chi connectivity index (χ0n) is 12.8. The maximum Gasteiger partial charge on any atom is 0.277 e. The standard InChI is InChI=1S/C15H15F2N5O2/c1-8-12(2-3-23)13(24)22-15(19-8)20-14(21-22)18-7-9-4-10(16)6-11(17)5-9/h4-6,23H,2-3,7H2,1H3,(H2,18,19,20,21). The summed E-state index contributed by atoms with van der Waals surface area (Å²) in [6.07, 6.45) is 0.199. The Balaban J connectivity index is 1.88. The number of aromatic nitrogens is 4. The molecule has 0 aliphatic carbocycles. The number of benzene rings is 1. The first-order valence-corrected chi connectivity index (χ1v) is 7.26. The van der Waals surface area contributed by atoms with E-state index in [2.05, 4.69) is 20.4 Å². The highest BCUT2D eigenvalue weighted by molar-refractivity contribution is 5.39. The normalized spacial score (nSPS) is 11.2. The van der Waals surface area contributed by atoms with Gasteiger partial charge in [-0.05, 0) is 24.6 Å². The Bertz CT molecular complexity index is 931. The minimum absolute atomic E-state index is 0.117. The van der Waals surface area contributed by atoms with Crippen LogP contribution >= 0.6 is 0 Å². The molecule has 0 saturated heterocycles. The van der Waals surface area contributed by atoms with Crippen LogP contribution in [0.1, 0.15) is 16.8 Å². The van der Waals surface area contributed by atoms with Crippen molar-refractivity contribution in [2.24, 2.45) is 0 Å². The molecule has 2 heterocycles. The molecule has 1 aromatic carbocycles. The number of H-pyrrole nitrogens is 1. The first kappa shape index (κ1) is 16.1. The summed E-state index contributed by atoms with van der Waals surface area (Å²) in [4.78, 5) is 20.7. The molecule has 0 unspecified atom stereocenters. The Labute approximate surface area is 135 Å². The number of halogens is 2. The van der Waals surface area contributed by atoms with E-state index in [0.29, 0.717) is 16.8 Å². The number of aryl methyl sites for hydroxylation is 1. The van der Waals surface area contributed by atoms with E-state index in [1.807, 2.05) is 0 Å². The minimum Gasteiger partial charge on any atom is -0.396 e. The van der Waals surface area contributed by atoms with Crippen molar-refractivity contribution in [1.82, 2.24) is 19.6 Å². The average molecular weight is 335 g/mol. The minimum atomic E-state index is -0.668. The highest BCUT2D eigenvalue weighted by Crippen LogP contribution is 2.10. The summed E-state index contributed by atoms with van der Waals surface area (Å²) in [7, 11) is 0. The van der Waals surface area contributed by atoms with Crippen molar-refractivity contribution < 1.29 is 13.9 Å². The summed E-state index contributed by atoms with van der Waals surface area (Å²) < 4.78 is 27.5. The number of rotatable bonds is 5. The molecule has 2 aromatic heterocycles. The van der Waals surface area contributed by atoms with Crippen LogP contribution in [-0.4, -0.2) is 31.3 Å². The molecule has 3 aromatic rings. The topological polar surface area (TPSA) is 95.3 Å². The molecule has 126 valence electrons. The van der Waals surface area contributed by atoms with E-state index in [1.165, 1.54) is 12.1 Å². The smallest absolute Gasteiger partial charge is 0.277 e. The number of hydrogen-bond acceptors (Lipinski definition) is 5. The third-order valence-electron chi connectivity index (χ3n) is 3.54. The lowest BCUT2D eigenvalue weighted by molar-refractivity contribution is 0.298. The molecule has 24 heavy (non-hydrogen) atoms. The molecule has 0 spiro atoms. The van der Waals surface area contributed by atoms with Gasteiger partial charge in [-0.3, -0.25) is 9.89 Å². The van der Waals surface area contributed by atoms with Gasteiger partial charge in [-0.25, -0.2) is 13.8 Å². The number of aliphatic hydroxyl groups is 1. The van der Waals surface area contributed by atoms with Crippen molar-refractivity contribution in [3.8, 4) is 0 Å². The fourth-order valence-electron chi connectivity index (χ4n) is 2.43. The molecule has 3 rings (SSSR count). The van der Waals surface area contributed by atoms with Gasteiger partial charge in [0.15, 0.2) is 0 Å². The van der Waals surface area contributed by atoms with Gasteiger partial charge in [-0.15, -0.1) is 0 Å². The van der Waals surface area contributed by atoms with E-state index in [-0.39, 0.29) is 36.9 Å². The highest BCUT2D eigenvalue weighted by atomic mass is 19.1. The van der Waals surface area contributed by atoms with Crippen LogP contribution in [0.5, 0.6) is 0 Å². The molecule has 3 N–H and O–H groups in total. The van der Waals surface area contributed by atoms with Crippen LogP contribution < -0.4 is 10.9 Å². The molecule has 9 heteroatoms. The van der Waals surface area contributed by atoms with Crippen LogP contribution in [-0.2, 0) is 13.0 Å². The number of hydrogen-bond donors (Lipinski definition) is 3. The summed E-state index contributed by atoms with van der Waals surface area (Å²) in [6.45, 7) is 1.63. The molecular weight excluding hydrogens is 320 g/mol. The molecule has 0 radical (unpaired) electrons. The van der Waals surface area contributed by atoms with Crippen molar-refractivity contribution in [3.05, 3.63) is 57.0 Å². The van der Waals surface area contributed by atoms with Gasteiger partial charge >= 0.3 is 0 Å². The molecule has 0 aliphatic rings. The van der Waals surface area contributed by atoms with E-state index >= 15 is 0 Å². The largest absolute Gasteiger partial charge is 0.396 e. The Kier molecular flexibility index (Phi) is 4.26. The molecular formula is C15H15F2N5O2. The lowest BCUT2D eigenvalue weighted by Crippen LogP contribution is -2.22. The van der Waals surface area contributed by atoms with Gasteiger partial charge in [0.2, 0.25) is 5.95 Å². The van der Waals surface area contributed by atoms with Crippen LogP contribution in [0.15, 0.2) is 23.0 Å². The van der Waals surface area contributed by atoms with E-state index in [9.17, 15) is 13.6 Å². The fraction of sp³-hybridized carbons (Fsp3) is 0.267. The SMILES string of the molecule is Cc1nc2nc(NCc3cc(F)cc(F)c3)[nH]n2c(=O)c1CCO. The Morgan fingerprint density at radius 1 is 1.25 bits per heavy atom. The van der Waals surface area contributed by atoms with Gasteiger partial charge in [0.25, 0.3) is 11.3 Å². The van der Waals surface area contributed by atoms with Crippen molar-refractivity contribution in [2.75, 3.05) is 11.9 Å². The van der Waals surface area contributed by atoms with E-state index in [1.54, 1.807) is 6.92 Å². The van der Waals surface area contributed by atoms with Crippen LogP contribution in [0.3, 0.4) is 0 Å². The molecule has 0 amide bonds. The molecule has 7 nitrogen and oxygen atoms in total. The molecule has 0 aliphatic heterocycles. The number of nitrogens with one attached hydrogen (secondary N) is 2. The lowest BCUT2D eigenvalue weighted by atomic mass is 10.2. The Morgan fingerprint density at radius 2 is 1.96 bits per heavy atom. The van der Waals surface area contributed by atoms with Crippen molar-refractivity contribution in [3.63, 3.8) is 0 Å². The second-order valence-electron chi connectivity index (χ2n) is 5.29. The summed E-state index contributed by atoms with van der Waals surface area (Å²) >= 11 is 0. The van der Waals surface area contributed by atoms with Crippen molar-refractivity contribution in [2.45, 2.75) is 19.9 Å². The average Bonchev–Trinajstić information content (AvgIpc) is 2.91. The quantitative estimate of drug-likeness (QED) is 0.650. The zero-order chi connectivity index (χ0) is 17.3. The highest BCUT2D eigenvalue weighted by Gasteiger charge is 2.13.